The second-order valence-electron chi connectivity index (χ2n) is 9.30. The fraction of sp³-hybridized carbons (Fsp3) is 0.480. The van der Waals surface area contributed by atoms with Crippen molar-refractivity contribution in [3.8, 4) is 0 Å². The van der Waals surface area contributed by atoms with Gasteiger partial charge in [-0.1, -0.05) is 18.2 Å². The van der Waals surface area contributed by atoms with Crippen LogP contribution in [0.4, 0.5) is 0 Å². The van der Waals surface area contributed by atoms with E-state index in [-0.39, 0.29) is 11.5 Å². The third-order valence-corrected chi connectivity index (χ3v) is 8.04. The fourth-order valence-corrected chi connectivity index (χ4v) is 5.81. The summed E-state index contributed by atoms with van der Waals surface area (Å²) in [5.74, 6) is 1.39. The topological polar surface area (TPSA) is 78.7 Å². The van der Waals surface area contributed by atoms with E-state index in [0.717, 1.165) is 66.9 Å². The van der Waals surface area contributed by atoms with Crippen LogP contribution in [0, 0.1) is 13.8 Å². The van der Waals surface area contributed by atoms with Crippen molar-refractivity contribution in [2.75, 3.05) is 25.4 Å². The van der Waals surface area contributed by atoms with Gasteiger partial charge in [0, 0.05) is 37.1 Å². The van der Waals surface area contributed by atoms with E-state index >= 15 is 0 Å². The number of rotatable bonds is 5. The Hall–Kier alpha value is -2.42. The summed E-state index contributed by atoms with van der Waals surface area (Å²) in [5, 5.41) is 8.01. The first kappa shape index (κ1) is 22.4. The van der Waals surface area contributed by atoms with Gasteiger partial charge in [-0.05, 0) is 50.3 Å². The van der Waals surface area contributed by atoms with Crippen LogP contribution in [0.25, 0.3) is 10.9 Å². The standard InChI is InChI=1S/C25H31N5O2S/c1-16-3-5-20-17(2)12-24(32)30(21(20)11-16)15-29-9-7-18(8-10-29)26-13-19-4-6-22-25(27-19)28-23(31)14-33-22/h3-5,11-12,18,22,26H,6-10,13-15H2,1-2H3,(H,27,28,31). The minimum absolute atomic E-state index is 0.0483. The molecule has 4 heterocycles. The number of carbonyl (C=O) groups excluding carboxylic acids is 1. The zero-order valence-corrected chi connectivity index (χ0v) is 20.1. The van der Waals surface area contributed by atoms with Crippen LogP contribution >= 0.6 is 11.8 Å². The number of allylic oxidation sites excluding steroid dienone is 1. The van der Waals surface area contributed by atoms with E-state index in [4.69, 9.17) is 0 Å². The molecular weight excluding hydrogens is 434 g/mol. The van der Waals surface area contributed by atoms with Gasteiger partial charge >= 0.3 is 0 Å². The summed E-state index contributed by atoms with van der Waals surface area (Å²) < 4.78 is 1.92. The Morgan fingerprint density at radius 3 is 2.82 bits per heavy atom. The molecule has 0 radical (unpaired) electrons. The van der Waals surface area contributed by atoms with Crippen LogP contribution in [0.3, 0.4) is 0 Å². The highest BCUT2D eigenvalue weighted by Crippen LogP contribution is 2.25. The Balaban J connectivity index is 1.17. The number of pyridine rings is 1. The predicted molar refractivity (Wildman–Crippen MR) is 135 cm³/mol. The number of nitrogens with zero attached hydrogens (tertiary/aromatic N) is 3. The second-order valence-corrected chi connectivity index (χ2v) is 10.5. The van der Waals surface area contributed by atoms with E-state index in [0.29, 0.717) is 23.7 Å². The zero-order chi connectivity index (χ0) is 22.9. The molecule has 174 valence electrons. The van der Waals surface area contributed by atoms with Gasteiger partial charge < -0.3 is 10.6 Å². The summed E-state index contributed by atoms with van der Waals surface area (Å²) in [6.45, 7) is 7.34. The van der Waals surface area contributed by atoms with Gasteiger partial charge in [-0.15, -0.1) is 11.8 Å². The Labute approximate surface area is 198 Å². The molecule has 2 aromatic rings. The van der Waals surface area contributed by atoms with Crippen LogP contribution in [0.15, 0.2) is 45.8 Å². The number of piperidine rings is 1. The van der Waals surface area contributed by atoms with Crippen molar-refractivity contribution in [3.63, 3.8) is 0 Å². The molecule has 2 saturated heterocycles. The number of fused-ring (bicyclic) bond motifs is 2. The molecule has 5 rings (SSSR count). The van der Waals surface area contributed by atoms with Crippen LogP contribution in [0.5, 0.6) is 0 Å². The van der Waals surface area contributed by atoms with Gasteiger partial charge in [-0.25, -0.2) is 4.99 Å². The van der Waals surface area contributed by atoms with Gasteiger partial charge in [0.25, 0.3) is 5.56 Å². The lowest BCUT2D eigenvalue weighted by Gasteiger charge is -2.33. The van der Waals surface area contributed by atoms with Crippen LogP contribution in [0.1, 0.15) is 30.4 Å². The molecule has 7 nitrogen and oxygen atoms in total. The number of amides is 1. The summed E-state index contributed by atoms with van der Waals surface area (Å²) in [6.07, 6.45) is 5.20. The quantitative estimate of drug-likeness (QED) is 0.710. The number of nitrogens with one attached hydrogen (secondary N) is 2. The van der Waals surface area contributed by atoms with Gasteiger partial charge in [0.05, 0.1) is 28.9 Å². The Kier molecular flexibility index (Phi) is 6.40. The number of aliphatic imine (C=N–C) groups is 1. The van der Waals surface area contributed by atoms with E-state index in [9.17, 15) is 9.59 Å². The lowest BCUT2D eigenvalue weighted by atomic mass is 10.0. The summed E-state index contributed by atoms with van der Waals surface area (Å²) >= 11 is 1.67. The molecule has 1 amide bonds. The van der Waals surface area contributed by atoms with Crippen molar-refractivity contribution in [2.24, 2.45) is 4.99 Å². The summed E-state index contributed by atoms with van der Waals surface area (Å²) in [6, 6.07) is 8.53. The summed E-state index contributed by atoms with van der Waals surface area (Å²) in [4.78, 5) is 31.5. The molecule has 1 unspecified atom stereocenters. The van der Waals surface area contributed by atoms with Gasteiger partial charge in [0.15, 0.2) is 0 Å². The van der Waals surface area contributed by atoms with Gasteiger partial charge in [-0.3, -0.25) is 19.1 Å². The molecule has 0 aliphatic carbocycles. The number of carbonyl (C=O) groups is 1. The van der Waals surface area contributed by atoms with Crippen molar-refractivity contribution in [2.45, 2.75) is 51.1 Å². The van der Waals surface area contributed by atoms with Crippen molar-refractivity contribution in [1.82, 2.24) is 20.1 Å². The smallest absolute Gasteiger partial charge is 0.252 e. The van der Waals surface area contributed by atoms with Gasteiger partial charge in [0.1, 0.15) is 5.84 Å². The van der Waals surface area contributed by atoms with Gasteiger partial charge in [-0.2, -0.15) is 0 Å². The average Bonchev–Trinajstić information content (AvgIpc) is 2.80. The zero-order valence-electron chi connectivity index (χ0n) is 19.3. The molecule has 0 bridgehead atoms. The Bertz CT molecular complexity index is 1190. The molecule has 2 fully saturated rings. The number of thioether (sulfide) groups is 1. The van der Waals surface area contributed by atoms with E-state index in [1.54, 1.807) is 17.8 Å². The normalized spacial score (nSPS) is 22.0. The number of aromatic nitrogens is 1. The van der Waals surface area contributed by atoms with Crippen molar-refractivity contribution in [1.29, 1.82) is 0 Å². The number of hydrogen-bond donors (Lipinski definition) is 2. The molecule has 33 heavy (non-hydrogen) atoms. The van der Waals surface area contributed by atoms with Crippen LogP contribution in [0.2, 0.25) is 0 Å². The van der Waals surface area contributed by atoms with E-state index in [1.165, 1.54) is 5.56 Å². The second kappa shape index (κ2) is 9.44. The molecule has 3 aliphatic heterocycles. The number of hydrogen-bond acceptors (Lipinski definition) is 6. The minimum Gasteiger partial charge on any atom is -0.313 e. The van der Waals surface area contributed by atoms with Crippen LogP contribution in [-0.4, -0.2) is 57.9 Å². The Morgan fingerprint density at radius 1 is 1.18 bits per heavy atom. The first-order valence-electron chi connectivity index (χ1n) is 11.7. The maximum atomic E-state index is 12.8. The number of likely N-dealkylation sites (tertiary alicyclic amines) is 1. The van der Waals surface area contributed by atoms with E-state index in [2.05, 4.69) is 51.7 Å². The largest absolute Gasteiger partial charge is 0.313 e. The highest BCUT2D eigenvalue weighted by molar-refractivity contribution is 8.01. The van der Waals surface area contributed by atoms with Crippen LogP contribution < -0.4 is 16.2 Å². The monoisotopic (exact) mass is 465 g/mol. The van der Waals surface area contributed by atoms with E-state index < -0.39 is 0 Å². The minimum atomic E-state index is 0.0483. The van der Waals surface area contributed by atoms with Crippen molar-refractivity contribution in [3.05, 3.63) is 57.5 Å². The number of amidine groups is 1. The lowest BCUT2D eigenvalue weighted by Crippen LogP contribution is -2.46. The molecule has 0 spiro atoms. The first-order valence-corrected chi connectivity index (χ1v) is 12.8. The third-order valence-electron chi connectivity index (χ3n) is 6.80. The molecule has 8 heteroatoms. The number of benzene rings is 1. The molecule has 1 aromatic carbocycles. The predicted octanol–water partition coefficient (Wildman–Crippen LogP) is 2.55. The summed E-state index contributed by atoms with van der Waals surface area (Å²) in [5.41, 5.74) is 4.31. The number of aryl methyl sites for hydroxylation is 2. The van der Waals surface area contributed by atoms with Crippen LogP contribution in [-0.2, 0) is 11.5 Å². The molecule has 2 N–H and O–H groups in total. The molecule has 0 saturated carbocycles. The highest BCUT2D eigenvalue weighted by Gasteiger charge is 2.27. The highest BCUT2D eigenvalue weighted by atomic mass is 32.2. The Morgan fingerprint density at radius 2 is 2.00 bits per heavy atom. The fourth-order valence-electron chi connectivity index (χ4n) is 4.88. The molecule has 3 aliphatic rings. The maximum Gasteiger partial charge on any atom is 0.252 e. The summed E-state index contributed by atoms with van der Waals surface area (Å²) in [7, 11) is 0. The maximum absolute atomic E-state index is 12.8. The molecule has 1 atom stereocenters. The average molecular weight is 466 g/mol. The van der Waals surface area contributed by atoms with Gasteiger partial charge in [0.2, 0.25) is 5.91 Å². The van der Waals surface area contributed by atoms with Crippen molar-refractivity contribution < 1.29 is 4.79 Å². The first-order chi connectivity index (χ1) is 16.0. The third kappa shape index (κ3) is 4.93. The van der Waals surface area contributed by atoms with E-state index in [1.807, 2.05) is 11.5 Å². The van der Waals surface area contributed by atoms with Crippen molar-refractivity contribution >= 4 is 34.4 Å². The molecule has 1 aromatic heterocycles. The molecular formula is C25H31N5O2S. The SMILES string of the molecule is Cc1ccc2c(C)cc(=O)n(CN3CCC(NCC4=CCC5SCC(=O)NC5=N4)CC3)c2c1. The lowest BCUT2D eigenvalue weighted by molar-refractivity contribution is -0.117.